The summed E-state index contributed by atoms with van der Waals surface area (Å²) in [6.07, 6.45) is 22.3. The summed E-state index contributed by atoms with van der Waals surface area (Å²) in [6, 6.07) is 0. The Balaban J connectivity index is -0.00000101. The third-order valence-electron chi connectivity index (χ3n) is 4.85. The maximum absolute atomic E-state index is 8.00. The molecule has 0 spiro atoms. The van der Waals surface area contributed by atoms with Gasteiger partial charge in [0.2, 0.25) is 0 Å². The summed E-state index contributed by atoms with van der Waals surface area (Å²) in [5.41, 5.74) is 2.95. The normalized spacial score (nSPS) is 13.4. The van der Waals surface area contributed by atoms with Crippen LogP contribution in [0.5, 0.6) is 0 Å². The Labute approximate surface area is 201 Å². The van der Waals surface area contributed by atoms with E-state index >= 15 is 0 Å². The minimum absolute atomic E-state index is 1.02. The molecule has 0 saturated carbocycles. The highest BCUT2D eigenvalue weighted by Crippen LogP contribution is 2.12. The molecule has 0 aliphatic heterocycles. The minimum atomic E-state index is 1.02. The van der Waals surface area contributed by atoms with E-state index in [2.05, 4.69) is 59.0 Å². The van der Waals surface area contributed by atoms with Gasteiger partial charge in [-0.3, -0.25) is 0 Å². The van der Waals surface area contributed by atoms with Crippen molar-refractivity contribution in [1.82, 2.24) is 15.5 Å². The Morgan fingerprint density at radius 1 is 0.697 bits per heavy atom. The summed E-state index contributed by atoms with van der Waals surface area (Å²) in [6.45, 7) is 14.7. The quantitative estimate of drug-likeness (QED) is 0.405. The van der Waals surface area contributed by atoms with Gasteiger partial charge in [0.05, 0.1) is 0 Å². The van der Waals surface area contributed by atoms with E-state index in [4.69, 9.17) is 19.2 Å². The number of carbonyl (C=O) groups excluding carboxylic acids is 4. The van der Waals surface area contributed by atoms with Crippen LogP contribution in [0.4, 0.5) is 0 Å². The molecule has 0 aromatic heterocycles. The van der Waals surface area contributed by atoms with E-state index in [-0.39, 0.29) is 0 Å². The maximum Gasteiger partial charge on any atom is 0.106 e. The van der Waals surface area contributed by atoms with Crippen molar-refractivity contribution in [2.24, 2.45) is 0 Å². The second kappa shape index (κ2) is 31.7. The molecule has 0 saturated heterocycles. The van der Waals surface area contributed by atoms with Crippen LogP contribution < -0.4 is 10.6 Å². The van der Waals surface area contributed by atoms with E-state index in [0.29, 0.717) is 0 Å². The minimum Gasteiger partial charge on any atom is -0.316 e. The summed E-state index contributed by atoms with van der Waals surface area (Å²) < 4.78 is 0. The van der Waals surface area contributed by atoms with Crippen molar-refractivity contribution in [3.05, 3.63) is 47.6 Å². The lowest BCUT2D eigenvalue weighted by atomic mass is 10.0. The number of allylic oxidation sites excluding steroid dienone is 5. The Bertz CT molecular complexity index is 540. The van der Waals surface area contributed by atoms with E-state index in [1.165, 1.54) is 69.2 Å². The molecule has 0 atom stereocenters. The zero-order chi connectivity index (χ0) is 25.6. The van der Waals surface area contributed by atoms with Crippen LogP contribution in [0.25, 0.3) is 0 Å². The Kier molecular flexibility index (Phi) is 33.7. The zero-order valence-electron chi connectivity index (χ0n) is 20.6. The molecule has 0 radical (unpaired) electrons. The van der Waals surface area contributed by atoms with Crippen LogP contribution in [0, 0.1) is 0 Å². The molecule has 33 heavy (non-hydrogen) atoms. The Morgan fingerprint density at radius 2 is 1.18 bits per heavy atom. The molecule has 0 bridgehead atoms. The first-order valence-electron chi connectivity index (χ1n) is 11.3. The van der Waals surface area contributed by atoms with Crippen LogP contribution in [0.2, 0.25) is 0 Å². The average molecular weight is 464 g/mol. The number of nitrogens with zero attached hydrogens (tertiary/aromatic N) is 1. The molecule has 0 heterocycles. The van der Waals surface area contributed by atoms with Gasteiger partial charge in [-0.1, -0.05) is 42.0 Å². The maximum atomic E-state index is 8.00. The lowest BCUT2D eigenvalue weighted by molar-refractivity contribution is -0.0987. The first-order chi connectivity index (χ1) is 16.3. The van der Waals surface area contributed by atoms with Crippen LogP contribution >= 0.6 is 0 Å². The van der Waals surface area contributed by atoms with Crippen molar-refractivity contribution in [1.29, 1.82) is 0 Å². The molecule has 0 fully saturated rings. The lowest BCUT2D eigenvalue weighted by Gasteiger charge is -2.17. The van der Waals surface area contributed by atoms with Gasteiger partial charge in [0.15, 0.2) is 0 Å². The van der Waals surface area contributed by atoms with E-state index < -0.39 is 0 Å². The standard InChI is InChI=1S/C22H37N3.4CH2O/c1-25(19-9-16-24-20-22-12-6-3-7-13-22)18-8-15-23-17-14-21-10-4-2-5-11-21;4*1-2/h4,6,10-13,23-24H,2-3,5,7-9,14-20H2,1H3;4*1H2. The third kappa shape index (κ3) is 24.0. The number of carbonyl (C=O) groups is 4. The SMILES string of the molecule is C=O.C=O.C=O.C=O.CN(CCCNCCC1=CCCC=C1)CCCNCC1=CCCC=C1. The molecule has 2 aliphatic carbocycles. The fraction of sp³-hybridized carbons (Fsp3) is 0.538. The predicted octanol–water partition coefficient (Wildman–Crippen LogP) is 3.08. The number of hydrogen-bond donors (Lipinski definition) is 2. The average Bonchev–Trinajstić information content (AvgIpc) is 2.92. The first-order valence-corrected chi connectivity index (χ1v) is 11.3. The molecule has 188 valence electrons. The molecule has 7 nitrogen and oxygen atoms in total. The van der Waals surface area contributed by atoms with E-state index in [1.807, 2.05) is 27.2 Å². The van der Waals surface area contributed by atoms with Gasteiger partial charge in [-0.2, -0.15) is 0 Å². The van der Waals surface area contributed by atoms with Crippen molar-refractivity contribution in [2.45, 2.75) is 44.9 Å². The van der Waals surface area contributed by atoms with Crippen molar-refractivity contribution in [2.75, 3.05) is 46.3 Å². The topological polar surface area (TPSA) is 95.6 Å². The lowest BCUT2D eigenvalue weighted by Crippen LogP contribution is -2.28. The fourth-order valence-electron chi connectivity index (χ4n) is 3.30. The van der Waals surface area contributed by atoms with E-state index in [9.17, 15) is 0 Å². The number of hydrogen-bond acceptors (Lipinski definition) is 7. The summed E-state index contributed by atoms with van der Waals surface area (Å²) in [5, 5.41) is 7.13. The molecule has 2 N–H and O–H groups in total. The number of nitrogens with one attached hydrogen (secondary N) is 2. The van der Waals surface area contributed by atoms with E-state index in [1.54, 1.807) is 0 Å². The van der Waals surface area contributed by atoms with Gasteiger partial charge in [0.1, 0.15) is 27.2 Å². The van der Waals surface area contributed by atoms with Crippen LogP contribution in [-0.4, -0.2) is 78.4 Å². The number of rotatable bonds is 13. The summed E-state index contributed by atoms with van der Waals surface area (Å²) >= 11 is 0. The summed E-state index contributed by atoms with van der Waals surface area (Å²) in [5.74, 6) is 0. The third-order valence-corrected chi connectivity index (χ3v) is 4.85. The van der Waals surface area contributed by atoms with Gasteiger partial charge in [-0.25, -0.2) is 0 Å². The molecular formula is C26H45N3O4. The molecular weight excluding hydrogens is 418 g/mol. The van der Waals surface area contributed by atoms with Crippen molar-refractivity contribution in [3.8, 4) is 0 Å². The largest absolute Gasteiger partial charge is 0.316 e. The summed E-state index contributed by atoms with van der Waals surface area (Å²) in [7, 11) is 2.24. The molecule has 2 rings (SSSR count). The predicted molar refractivity (Wildman–Crippen MR) is 138 cm³/mol. The van der Waals surface area contributed by atoms with Crippen LogP contribution in [0.15, 0.2) is 47.6 Å². The van der Waals surface area contributed by atoms with Gasteiger partial charge >= 0.3 is 0 Å². The molecule has 2 aliphatic rings. The Hall–Kier alpha value is -2.48. The van der Waals surface area contributed by atoms with Gasteiger partial charge in [-0.15, -0.1) is 0 Å². The second-order valence-electron chi connectivity index (χ2n) is 7.20. The molecule has 7 heteroatoms. The first kappa shape index (κ1) is 35.1. The van der Waals surface area contributed by atoms with Crippen molar-refractivity contribution < 1.29 is 19.2 Å². The molecule has 0 amide bonds. The highest BCUT2D eigenvalue weighted by molar-refractivity contribution is 5.23. The van der Waals surface area contributed by atoms with E-state index in [0.717, 1.165) is 26.2 Å². The van der Waals surface area contributed by atoms with Crippen LogP contribution in [-0.2, 0) is 19.2 Å². The van der Waals surface area contributed by atoms with Crippen molar-refractivity contribution in [3.63, 3.8) is 0 Å². The van der Waals surface area contributed by atoms with Gasteiger partial charge < -0.3 is 34.7 Å². The van der Waals surface area contributed by atoms with Gasteiger partial charge in [0, 0.05) is 6.54 Å². The summed E-state index contributed by atoms with van der Waals surface area (Å²) in [4.78, 5) is 34.5. The molecule has 0 aromatic carbocycles. The monoisotopic (exact) mass is 463 g/mol. The second-order valence-corrected chi connectivity index (χ2v) is 7.20. The highest BCUT2D eigenvalue weighted by Gasteiger charge is 2.00. The molecule has 0 aromatic rings. The fourth-order valence-corrected chi connectivity index (χ4v) is 3.30. The van der Waals surface area contributed by atoms with Crippen molar-refractivity contribution >= 4 is 27.2 Å². The highest BCUT2D eigenvalue weighted by atomic mass is 16.1. The van der Waals surface area contributed by atoms with Gasteiger partial charge in [0.25, 0.3) is 0 Å². The molecule has 0 unspecified atom stereocenters. The zero-order valence-corrected chi connectivity index (χ0v) is 20.6. The smallest absolute Gasteiger partial charge is 0.106 e. The Morgan fingerprint density at radius 3 is 1.67 bits per heavy atom. The van der Waals surface area contributed by atoms with Crippen LogP contribution in [0.1, 0.15) is 44.9 Å². The van der Waals surface area contributed by atoms with Gasteiger partial charge in [-0.05, 0) is 90.3 Å². The van der Waals surface area contributed by atoms with Crippen LogP contribution in [0.3, 0.4) is 0 Å².